The standard InChI is InChI=1S/C49H86NO8P/c1-3-5-7-9-11-13-15-17-19-20-21-22-23-24-25-26-28-29-31-33-35-37-39-41-48(52)50-43-44-57-59(54,55)58-46-47(51)45-56-49(53)42-40-38-36-34-32-30-27-18-16-14-12-10-8-6-4-2/h6,8,11-14,17-19,27,32,34,47,51H,3-5,7,9-10,15-16,20-26,28-31,33,35-46H2,1-2H3,(H,50,52)(H,54,55)/b8-6-,13-11-,14-12-,19-17-,27-18-,34-32-. The van der Waals surface area contributed by atoms with Gasteiger partial charge in [-0.2, -0.15) is 0 Å². The number of amides is 1. The largest absolute Gasteiger partial charge is 0.472 e. The maximum absolute atomic E-state index is 12.1. The minimum Gasteiger partial charge on any atom is -0.463 e. The Balaban J connectivity index is 3.61. The molecule has 9 nitrogen and oxygen atoms in total. The number of hydrogen-bond acceptors (Lipinski definition) is 7. The van der Waals surface area contributed by atoms with E-state index >= 15 is 0 Å². The first-order valence-corrected chi connectivity index (χ1v) is 24.9. The van der Waals surface area contributed by atoms with Gasteiger partial charge in [0.2, 0.25) is 5.91 Å². The highest BCUT2D eigenvalue weighted by atomic mass is 31.2. The van der Waals surface area contributed by atoms with Gasteiger partial charge in [-0.1, -0.05) is 170 Å². The van der Waals surface area contributed by atoms with Gasteiger partial charge in [0.25, 0.3) is 0 Å². The lowest BCUT2D eigenvalue weighted by molar-refractivity contribution is -0.147. The number of unbranched alkanes of at least 4 members (excludes halogenated alkanes) is 18. The third-order valence-corrected chi connectivity index (χ3v) is 10.6. The van der Waals surface area contributed by atoms with Crippen molar-refractivity contribution in [1.29, 1.82) is 0 Å². The van der Waals surface area contributed by atoms with Gasteiger partial charge in [-0.15, -0.1) is 0 Å². The molecule has 3 N–H and O–H groups in total. The van der Waals surface area contributed by atoms with Crippen LogP contribution in [0.25, 0.3) is 0 Å². The monoisotopic (exact) mass is 848 g/mol. The number of phosphoric acid groups is 1. The highest BCUT2D eigenvalue weighted by Gasteiger charge is 2.23. The van der Waals surface area contributed by atoms with Gasteiger partial charge < -0.3 is 20.1 Å². The number of carbonyl (C=O) groups is 2. The normalized spacial score (nSPS) is 13.9. The second-order valence-corrected chi connectivity index (χ2v) is 16.8. The minimum atomic E-state index is -4.43. The van der Waals surface area contributed by atoms with Crippen molar-refractivity contribution < 1.29 is 37.9 Å². The Bertz CT molecular complexity index is 1190. The van der Waals surface area contributed by atoms with Crippen LogP contribution < -0.4 is 5.32 Å². The number of aliphatic hydroxyl groups excluding tert-OH is 1. The van der Waals surface area contributed by atoms with Gasteiger partial charge in [0, 0.05) is 19.4 Å². The Morgan fingerprint density at radius 3 is 1.47 bits per heavy atom. The van der Waals surface area contributed by atoms with Crippen LogP contribution in [0.15, 0.2) is 72.9 Å². The highest BCUT2D eigenvalue weighted by Crippen LogP contribution is 2.42. The molecule has 0 bridgehead atoms. The second-order valence-electron chi connectivity index (χ2n) is 15.3. The molecule has 0 aromatic rings. The van der Waals surface area contributed by atoms with Crippen molar-refractivity contribution in [1.82, 2.24) is 5.32 Å². The first-order chi connectivity index (χ1) is 28.8. The summed E-state index contributed by atoms with van der Waals surface area (Å²) >= 11 is 0. The summed E-state index contributed by atoms with van der Waals surface area (Å²) in [7, 11) is -4.43. The van der Waals surface area contributed by atoms with Crippen LogP contribution in [-0.2, 0) is 27.9 Å². The molecule has 0 radical (unpaired) electrons. The molecule has 340 valence electrons. The number of phosphoric ester groups is 1. The fraction of sp³-hybridized carbons (Fsp3) is 0.714. The number of esters is 1. The predicted molar refractivity (Wildman–Crippen MR) is 247 cm³/mol. The number of hydrogen-bond donors (Lipinski definition) is 3. The lowest BCUT2D eigenvalue weighted by atomic mass is 10.0. The fourth-order valence-electron chi connectivity index (χ4n) is 6.11. The molecule has 0 saturated carbocycles. The minimum absolute atomic E-state index is 0.0733. The molecule has 0 aromatic heterocycles. The Morgan fingerprint density at radius 2 is 0.966 bits per heavy atom. The van der Waals surface area contributed by atoms with Crippen molar-refractivity contribution in [2.24, 2.45) is 0 Å². The number of ether oxygens (including phenoxy) is 1. The first kappa shape index (κ1) is 56.5. The summed E-state index contributed by atoms with van der Waals surface area (Å²) in [5.41, 5.74) is 0. The zero-order chi connectivity index (χ0) is 43.2. The van der Waals surface area contributed by atoms with Crippen LogP contribution in [0.3, 0.4) is 0 Å². The van der Waals surface area contributed by atoms with E-state index in [0.717, 1.165) is 64.2 Å². The summed E-state index contributed by atoms with van der Waals surface area (Å²) in [6.45, 7) is 3.36. The lowest BCUT2D eigenvalue weighted by Crippen LogP contribution is -2.27. The second kappa shape index (κ2) is 45.0. The van der Waals surface area contributed by atoms with Gasteiger partial charge in [0.15, 0.2) is 0 Å². The molecule has 10 heteroatoms. The number of allylic oxidation sites excluding steroid dienone is 12. The highest BCUT2D eigenvalue weighted by molar-refractivity contribution is 7.47. The average Bonchev–Trinajstić information content (AvgIpc) is 3.22. The van der Waals surface area contributed by atoms with E-state index < -0.39 is 26.5 Å². The van der Waals surface area contributed by atoms with E-state index in [-0.39, 0.29) is 32.1 Å². The van der Waals surface area contributed by atoms with Gasteiger partial charge in [-0.05, 0) is 83.5 Å². The van der Waals surface area contributed by atoms with E-state index in [9.17, 15) is 24.2 Å². The van der Waals surface area contributed by atoms with Crippen LogP contribution in [0, 0.1) is 0 Å². The Morgan fingerprint density at radius 1 is 0.542 bits per heavy atom. The van der Waals surface area contributed by atoms with Crippen molar-refractivity contribution >= 4 is 19.7 Å². The Kier molecular flexibility index (Phi) is 43.0. The third-order valence-electron chi connectivity index (χ3n) is 9.62. The summed E-state index contributed by atoms with van der Waals surface area (Å²) in [6.07, 6.45) is 55.6. The van der Waals surface area contributed by atoms with Crippen LogP contribution in [0.1, 0.15) is 194 Å². The summed E-state index contributed by atoms with van der Waals surface area (Å²) in [6, 6.07) is 0. The molecule has 0 heterocycles. The summed E-state index contributed by atoms with van der Waals surface area (Å²) in [5.74, 6) is -0.562. The average molecular weight is 848 g/mol. The molecule has 0 aliphatic heterocycles. The molecule has 0 aromatic carbocycles. The number of carbonyl (C=O) groups excluding carboxylic acids is 2. The van der Waals surface area contributed by atoms with Crippen LogP contribution in [0.2, 0.25) is 0 Å². The topological polar surface area (TPSA) is 131 Å². The zero-order valence-electron chi connectivity index (χ0n) is 37.4. The van der Waals surface area contributed by atoms with Crippen molar-refractivity contribution in [3.63, 3.8) is 0 Å². The van der Waals surface area contributed by atoms with Crippen LogP contribution in [0.4, 0.5) is 0 Å². The van der Waals surface area contributed by atoms with E-state index in [1.807, 2.05) is 0 Å². The summed E-state index contributed by atoms with van der Waals surface area (Å²) < 4.78 is 26.9. The molecule has 0 fully saturated rings. The fourth-order valence-corrected chi connectivity index (χ4v) is 6.86. The number of nitrogens with one attached hydrogen (secondary N) is 1. The molecule has 0 rings (SSSR count). The van der Waals surface area contributed by atoms with Crippen LogP contribution >= 0.6 is 7.82 Å². The van der Waals surface area contributed by atoms with E-state index in [0.29, 0.717) is 12.8 Å². The number of rotatable bonds is 43. The summed E-state index contributed by atoms with van der Waals surface area (Å²) in [4.78, 5) is 34.0. The maximum Gasteiger partial charge on any atom is 0.472 e. The van der Waals surface area contributed by atoms with Crippen LogP contribution in [0.5, 0.6) is 0 Å². The van der Waals surface area contributed by atoms with E-state index in [4.69, 9.17) is 13.8 Å². The Labute approximate surface area is 360 Å². The van der Waals surface area contributed by atoms with E-state index in [2.05, 4.69) is 92.1 Å². The van der Waals surface area contributed by atoms with Crippen molar-refractivity contribution in [3.05, 3.63) is 72.9 Å². The zero-order valence-corrected chi connectivity index (χ0v) is 38.3. The number of aliphatic hydroxyl groups is 1. The van der Waals surface area contributed by atoms with Gasteiger partial charge in [-0.25, -0.2) is 4.57 Å². The SMILES string of the molecule is CC/C=C\C/C=C\C/C=C\C/C=C\CCCCC(=O)OCC(O)COP(=O)(O)OCCNC(=O)CCCCCCCCCCCCCCC/C=C\C/C=C\CCCCC. The van der Waals surface area contributed by atoms with E-state index in [1.54, 1.807) is 0 Å². The van der Waals surface area contributed by atoms with E-state index in [1.165, 1.54) is 96.3 Å². The van der Waals surface area contributed by atoms with Crippen molar-refractivity contribution in [2.45, 2.75) is 200 Å². The van der Waals surface area contributed by atoms with Gasteiger partial charge >= 0.3 is 13.8 Å². The van der Waals surface area contributed by atoms with Gasteiger partial charge in [0.1, 0.15) is 12.7 Å². The molecule has 2 unspecified atom stereocenters. The molecule has 0 saturated heterocycles. The predicted octanol–water partition coefficient (Wildman–Crippen LogP) is 13.4. The van der Waals surface area contributed by atoms with Gasteiger partial charge in [-0.3, -0.25) is 18.6 Å². The lowest BCUT2D eigenvalue weighted by Gasteiger charge is -2.15. The molecule has 1 amide bonds. The maximum atomic E-state index is 12.1. The molecule has 0 aliphatic rings. The molecular weight excluding hydrogens is 762 g/mol. The van der Waals surface area contributed by atoms with Crippen LogP contribution in [-0.4, -0.2) is 54.3 Å². The smallest absolute Gasteiger partial charge is 0.463 e. The molecule has 59 heavy (non-hydrogen) atoms. The third kappa shape index (κ3) is 46.4. The van der Waals surface area contributed by atoms with Gasteiger partial charge in [0.05, 0.1) is 13.2 Å². The Hall–Kier alpha value is -2.55. The molecular formula is C49H86NO8P. The molecule has 0 spiro atoms. The summed E-state index contributed by atoms with van der Waals surface area (Å²) in [5, 5.41) is 12.7. The first-order valence-electron chi connectivity index (χ1n) is 23.4. The van der Waals surface area contributed by atoms with Crippen molar-refractivity contribution in [3.8, 4) is 0 Å². The molecule has 2 atom stereocenters. The molecule has 0 aliphatic carbocycles. The van der Waals surface area contributed by atoms with Crippen molar-refractivity contribution in [2.75, 3.05) is 26.4 Å². The quantitative estimate of drug-likeness (QED) is 0.0239.